The zero-order valence-corrected chi connectivity index (χ0v) is 9.94. The summed E-state index contributed by atoms with van der Waals surface area (Å²) in [6, 6.07) is 6.42. The molecule has 0 aliphatic carbocycles. The smallest absolute Gasteiger partial charge is 0.123 e. The Morgan fingerprint density at radius 3 is 3.06 bits per heavy atom. The van der Waals surface area contributed by atoms with Crippen LogP contribution >= 0.6 is 0 Å². The second-order valence-corrected chi connectivity index (χ2v) is 4.70. The predicted molar refractivity (Wildman–Crippen MR) is 64.3 cm³/mol. The van der Waals surface area contributed by atoms with Gasteiger partial charge in [0.25, 0.3) is 0 Å². The van der Waals surface area contributed by atoms with Crippen LogP contribution in [0.1, 0.15) is 31.2 Å². The Bertz CT molecular complexity index is 348. The van der Waals surface area contributed by atoms with E-state index in [9.17, 15) is 9.50 Å². The molecule has 1 aliphatic heterocycles. The molecule has 0 amide bonds. The van der Waals surface area contributed by atoms with E-state index >= 15 is 0 Å². The lowest BCUT2D eigenvalue weighted by atomic mass is 10.0. The van der Waals surface area contributed by atoms with Crippen molar-refractivity contribution in [1.29, 1.82) is 0 Å². The fourth-order valence-corrected chi connectivity index (χ4v) is 2.29. The van der Waals surface area contributed by atoms with Crippen molar-refractivity contribution in [3.8, 4) is 0 Å². The highest BCUT2D eigenvalue weighted by Gasteiger charge is 2.17. The maximum atomic E-state index is 12.9. The van der Waals surface area contributed by atoms with Crippen molar-refractivity contribution in [3.05, 3.63) is 35.6 Å². The number of hydrogen-bond acceptors (Lipinski definition) is 2. The van der Waals surface area contributed by atoms with Crippen LogP contribution in [0.4, 0.5) is 4.39 Å². The zero-order valence-electron chi connectivity index (χ0n) is 9.94. The van der Waals surface area contributed by atoms with Crippen LogP contribution in [-0.2, 0) is 11.2 Å². The van der Waals surface area contributed by atoms with Crippen molar-refractivity contribution in [2.75, 3.05) is 6.61 Å². The lowest BCUT2D eigenvalue weighted by Crippen LogP contribution is -2.15. The number of benzene rings is 1. The lowest BCUT2D eigenvalue weighted by molar-refractivity contribution is 0.0813. The van der Waals surface area contributed by atoms with E-state index in [1.165, 1.54) is 12.1 Å². The molecule has 1 heterocycles. The van der Waals surface area contributed by atoms with Gasteiger partial charge in [-0.05, 0) is 49.8 Å². The molecular formula is C14H19FO2. The summed E-state index contributed by atoms with van der Waals surface area (Å²) < 4.78 is 18.4. The Morgan fingerprint density at radius 1 is 1.47 bits per heavy atom. The van der Waals surface area contributed by atoms with E-state index in [0.717, 1.165) is 37.9 Å². The van der Waals surface area contributed by atoms with Crippen LogP contribution in [0.25, 0.3) is 0 Å². The first-order valence-corrected chi connectivity index (χ1v) is 6.28. The first-order valence-electron chi connectivity index (χ1n) is 6.28. The summed E-state index contributed by atoms with van der Waals surface area (Å²) in [4.78, 5) is 0. The Morgan fingerprint density at radius 2 is 2.35 bits per heavy atom. The van der Waals surface area contributed by atoms with Gasteiger partial charge >= 0.3 is 0 Å². The molecule has 1 fully saturated rings. The summed E-state index contributed by atoms with van der Waals surface area (Å²) in [5.74, 6) is -0.242. The van der Waals surface area contributed by atoms with Crippen LogP contribution < -0.4 is 0 Å². The number of halogens is 1. The van der Waals surface area contributed by atoms with E-state index in [-0.39, 0.29) is 5.82 Å². The van der Waals surface area contributed by atoms with Crippen LogP contribution in [0.5, 0.6) is 0 Å². The molecule has 1 saturated heterocycles. The molecule has 0 spiro atoms. The summed E-state index contributed by atoms with van der Waals surface area (Å²) in [5.41, 5.74) is 0.852. The Balaban J connectivity index is 1.74. The van der Waals surface area contributed by atoms with Gasteiger partial charge in [-0.25, -0.2) is 4.39 Å². The van der Waals surface area contributed by atoms with E-state index in [2.05, 4.69) is 0 Å². The quantitative estimate of drug-likeness (QED) is 0.854. The van der Waals surface area contributed by atoms with Crippen LogP contribution in [0.15, 0.2) is 24.3 Å². The average molecular weight is 238 g/mol. The highest BCUT2D eigenvalue weighted by Crippen LogP contribution is 2.19. The molecule has 1 aromatic carbocycles. The standard InChI is InChI=1S/C14H19FO2/c15-12-4-1-3-11(9-12)10-13(16)6-7-14-5-2-8-17-14/h1,3-4,9,13-14,16H,2,5-8,10H2. The van der Waals surface area contributed by atoms with Crippen molar-refractivity contribution in [1.82, 2.24) is 0 Å². The van der Waals surface area contributed by atoms with E-state index in [4.69, 9.17) is 4.74 Å². The average Bonchev–Trinajstić information content (AvgIpc) is 2.79. The second-order valence-electron chi connectivity index (χ2n) is 4.70. The second kappa shape index (κ2) is 6.12. The minimum Gasteiger partial charge on any atom is -0.393 e. The van der Waals surface area contributed by atoms with Crippen LogP contribution in [0.2, 0.25) is 0 Å². The monoisotopic (exact) mass is 238 g/mol. The highest BCUT2D eigenvalue weighted by atomic mass is 19.1. The van der Waals surface area contributed by atoms with E-state index in [1.807, 2.05) is 6.07 Å². The molecule has 2 rings (SSSR count). The fraction of sp³-hybridized carbons (Fsp3) is 0.571. The summed E-state index contributed by atoms with van der Waals surface area (Å²) >= 11 is 0. The van der Waals surface area contributed by atoms with Crippen molar-refractivity contribution in [2.45, 2.75) is 44.3 Å². The van der Waals surface area contributed by atoms with Gasteiger partial charge in [0.1, 0.15) is 5.82 Å². The molecule has 1 N–H and O–H groups in total. The summed E-state index contributed by atoms with van der Waals surface area (Å²) in [5, 5.41) is 9.88. The molecule has 2 nitrogen and oxygen atoms in total. The maximum Gasteiger partial charge on any atom is 0.123 e. The third-order valence-corrected chi connectivity index (χ3v) is 3.21. The molecular weight excluding hydrogens is 219 g/mol. The normalized spacial score (nSPS) is 21.6. The minimum absolute atomic E-state index is 0.242. The fourth-order valence-electron chi connectivity index (χ4n) is 2.29. The van der Waals surface area contributed by atoms with Gasteiger partial charge in [0.05, 0.1) is 12.2 Å². The Labute approximate surface area is 101 Å². The summed E-state index contributed by atoms with van der Waals surface area (Å²) in [7, 11) is 0. The molecule has 1 aromatic rings. The zero-order chi connectivity index (χ0) is 12.1. The van der Waals surface area contributed by atoms with Gasteiger partial charge < -0.3 is 9.84 Å². The number of ether oxygens (including phenoxy) is 1. The molecule has 3 heteroatoms. The number of rotatable bonds is 5. The van der Waals surface area contributed by atoms with Crippen LogP contribution in [-0.4, -0.2) is 23.9 Å². The molecule has 0 radical (unpaired) electrons. The Kier molecular flexibility index (Phi) is 4.51. The predicted octanol–water partition coefficient (Wildman–Crippen LogP) is 2.69. The topological polar surface area (TPSA) is 29.5 Å². The molecule has 0 bridgehead atoms. The third kappa shape index (κ3) is 4.10. The number of hydrogen-bond donors (Lipinski definition) is 1. The van der Waals surface area contributed by atoms with Gasteiger partial charge in [0.15, 0.2) is 0 Å². The SMILES string of the molecule is OC(CCC1CCCO1)Cc1cccc(F)c1. The third-order valence-electron chi connectivity index (χ3n) is 3.21. The van der Waals surface area contributed by atoms with Gasteiger partial charge in [0, 0.05) is 6.61 Å². The van der Waals surface area contributed by atoms with E-state index < -0.39 is 6.10 Å². The van der Waals surface area contributed by atoms with Crippen molar-refractivity contribution in [2.24, 2.45) is 0 Å². The van der Waals surface area contributed by atoms with Crippen molar-refractivity contribution in [3.63, 3.8) is 0 Å². The van der Waals surface area contributed by atoms with Gasteiger partial charge in [0.2, 0.25) is 0 Å². The van der Waals surface area contributed by atoms with Gasteiger partial charge in [-0.3, -0.25) is 0 Å². The minimum atomic E-state index is -0.402. The van der Waals surface area contributed by atoms with Crippen LogP contribution in [0.3, 0.4) is 0 Å². The molecule has 17 heavy (non-hydrogen) atoms. The number of aliphatic hydroxyl groups excluding tert-OH is 1. The molecule has 2 unspecified atom stereocenters. The van der Waals surface area contributed by atoms with Gasteiger partial charge in [-0.2, -0.15) is 0 Å². The van der Waals surface area contributed by atoms with Gasteiger partial charge in [-0.1, -0.05) is 12.1 Å². The summed E-state index contributed by atoms with van der Waals surface area (Å²) in [6.45, 7) is 0.852. The molecule has 1 aliphatic rings. The molecule has 0 saturated carbocycles. The maximum absolute atomic E-state index is 12.9. The lowest BCUT2D eigenvalue weighted by Gasteiger charge is -2.13. The molecule has 2 atom stereocenters. The molecule has 0 aromatic heterocycles. The molecule has 94 valence electrons. The highest BCUT2D eigenvalue weighted by molar-refractivity contribution is 5.16. The van der Waals surface area contributed by atoms with Crippen molar-refractivity contribution >= 4 is 0 Å². The van der Waals surface area contributed by atoms with E-state index in [0.29, 0.717) is 12.5 Å². The largest absolute Gasteiger partial charge is 0.393 e. The number of aliphatic hydroxyl groups is 1. The van der Waals surface area contributed by atoms with Gasteiger partial charge in [-0.15, -0.1) is 0 Å². The van der Waals surface area contributed by atoms with E-state index in [1.54, 1.807) is 6.07 Å². The van der Waals surface area contributed by atoms with Crippen molar-refractivity contribution < 1.29 is 14.2 Å². The first kappa shape index (κ1) is 12.5. The van der Waals surface area contributed by atoms with Crippen LogP contribution in [0, 0.1) is 5.82 Å². The summed E-state index contributed by atoms with van der Waals surface area (Å²) in [6.07, 6.45) is 4.29. The Hall–Kier alpha value is -0.930. The first-order chi connectivity index (χ1) is 8.24.